The molecule has 1 aliphatic heterocycles. The Morgan fingerprint density at radius 1 is 0.929 bits per heavy atom. The van der Waals surface area contributed by atoms with E-state index in [1.807, 2.05) is 36.4 Å². The third-order valence-corrected chi connectivity index (χ3v) is 10.7. The number of nitrogens with one attached hydrogen (secondary N) is 2. The number of halogens is 1. The van der Waals surface area contributed by atoms with E-state index in [2.05, 4.69) is 43.6 Å². The number of hydrogen-bond donors (Lipinski definition) is 7. The maximum absolute atomic E-state index is 12.1. The normalized spacial score (nSPS) is 22.6. The number of fused-ring (bicyclic) bond motifs is 3. The highest BCUT2D eigenvalue weighted by atomic mass is 35.5. The summed E-state index contributed by atoms with van der Waals surface area (Å²) in [6.07, 6.45) is -4.12. The van der Waals surface area contributed by atoms with Crippen LogP contribution >= 0.6 is 26.7 Å². The highest BCUT2D eigenvalue weighted by Gasteiger charge is 2.45. The number of nitrogens with zero attached hydrogens (tertiary/aromatic N) is 4. The van der Waals surface area contributed by atoms with E-state index in [-0.39, 0.29) is 16.7 Å². The first kappa shape index (κ1) is 29.1. The molecular weight excluding hydrogens is 610 g/mol. The number of aromatic nitrogens is 4. The Morgan fingerprint density at radius 3 is 2.33 bits per heavy atom. The van der Waals surface area contributed by atoms with Crippen molar-refractivity contribution in [1.29, 1.82) is 0 Å². The maximum Gasteiger partial charge on any atom is 0.336 e. The first-order chi connectivity index (χ1) is 19.9. The van der Waals surface area contributed by atoms with Gasteiger partial charge >= 0.3 is 7.60 Å². The van der Waals surface area contributed by atoms with E-state index in [4.69, 9.17) is 26.1 Å². The van der Waals surface area contributed by atoms with Crippen LogP contribution in [0.1, 0.15) is 6.23 Å². The topological polar surface area (TPSA) is 212 Å². The van der Waals surface area contributed by atoms with Crippen molar-refractivity contribution in [2.75, 3.05) is 17.8 Å². The van der Waals surface area contributed by atoms with Gasteiger partial charge in [-0.1, -0.05) is 30.3 Å². The molecule has 3 unspecified atom stereocenters. The summed E-state index contributed by atoms with van der Waals surface area (Å²) in [5.41, 5.74) is 1.20. The van der Waals surface area contributed by atoms with Gasteiger partial charge in [-0.3, -0.25) is 13.7 Å². The quantitative estimate of drug-likeness (QED) is 0.0744. The van der Waals surface area contributed by atoms with E-state index in [0.717, 1.165) is 21.5 Å². The van der Waals surface area contributed by atoms with E-state index < -0.39 is 52.1 Å². The molecule has 42 heavy (non-hydrogen) atoms. The standard InChI is InChI=1S/C25H25ClN6O8P2/c26-25-30-22(29-17-6-5-15-7-13-3-1-2-4-14(13)8-16(15)9-17)19-23(31-25)32(11-27-19)24-21(34)20(33)18(40-24)10-28-41(35,36)12-42(37,38)39/h1-9,11,18,20-21,24,33-34H,10,12H2,(H2,28,35,36)(H,29,30,31)(H2,37,38,39)/t18-,20?,21?,24-/m1/s1. The lowest BCUT2D eigenvalue weighted by Gasteiger charge is -2.19. The third-order valence-electron chi connectivity index (χ3n) is 6.89. The zero-order chi connectivity index (χ0) is 29.8. The first-order valence-electron chi connectivity index (χ1n) is 12.6. The highest BCUT2D eigenvalue weighted by Crippen LogP contribution is 2.52. The molecule has 2 aromatic heterocycles. The fourth-order valence-electron chi connectivity index (χ4n) is 4.98. The average Bonchev–Trinajstić information content (AvgIpc) is 3.45. The number of imidazole rings is 1. The summed E-state index contributed by atoms with van der Waals surface area (Å²) in [5, 5.41) is 30.8. The minimum absolute atomic E-state index is 0.122. The van der Waals surface area contributed by atoms with E-state index >= 15 is 0 Å². The number of hydrogen-bond acceptors (Lipinski definition) is 9. The number of rotatable bonds is 8. The number of aliphatic hydroxyl groups is 2. The van der Waals surface area contributed by atoms with Crippen LogP contribution in [-0.4, -0.2) is 75.2 Å². The molecule has 3 aromatic carbocycles. The minimum atomic E-state index is -4.79. The van der Waals surface area contributed by atoms with Gasteiger partial charge in [0, 0.05) is 12.2 Å². The molecule has 1 fully saturated rings. The van der Waals surface area contributed by atoms with E-state index in [1.165, 1.54) is 10.9 Å². The number of ether oxygens (including phenoxy) is 1. The second-order valence-corrected chi connectivity index (χ2v) is 14.5. The molecule has 6 rings (SSSR count). The van der Waals surface area contributed by atoms with Crippen molar-refractivity contribution >= 4 is 70.9 Å². The van der Waals surface area contributed by atoms with Gasteiger partial charge in [-0.15, -0.1) is 0 Å². The first-order valence-corrected chi connectivity index (χ1v) is 16.6. The predicted molar refractivity (Wildman–Crippen MR) is 156 cm³/mol. The Balaban J connectivity index is 1.26. The summed E-state index contributed by atoms with van der Waals surface area (Å²) in [5.74, 6) is -1.01. The number of anilines is 2. The largest absolute Gasteiger partial charge is 0.387 e. The molecule has 17 heteroatoms. The van der Waals surface area contributed by atoms with Crippen molar-refractivity contribution in [3.05, 3.63) is 66.2 Å². The Bertz CT molecular complexity index is 1920. The predicted octanol–water partition coefficient (Wildman–Crippen LogP) is 3.06. The highest BCUT2D eigenvalue weighted by molar-refractivity contribution is 7.71. The fraction of sp³-hybridized carbons (Fsp3) is 0.240. The molecule has 1 saturated heterocycles. The van der Waals surface area contributed by atoms with Crippen LogP contribution in [0.5, 0.6) is 0 Å². The molecule has 0 saturated carbocycles. The molecule has 7 N–H and O–H groups in total. The van der Waals surface area contributed by atoms with Crippen molar-refractivity contribution in [3.8, 4) is 0 Å². The second-order valence-electron chi connectivity index (χ2n) is 9.97. The van der Waals surface area contributed by atoms with Gasteiger partial charge in [0.05, 0.1) is 6.33 Å². The van der Waals surface area contributed by atoms with Crippen LogP contribution in [0.2, 0.25) is 5.28 Å². The molecule has 5 aromatic rings. The monoisotopic (exact) mass is 634 g/mol. The number of aliphatic hydroxyl groups excluding tert-OH is 2. The lowest BCUT2D eigenvalue weighted by molar-refractivity contribution is -0.0331. The third kappa shape index (κ3) is 5.92. The van der Waals surface area contributed by atoms with Gasteiger partial charge in [0.1, 0.15) is 24.2 Å². The van der Waals surface area contributed by atoms with Crippen LogP contribution in [0, 0.1) is 0 Å². The van der Waals surface area contributed by atoms with E-state index in [0.29, 0.717) is 11.2 Å². The summed E-state index contributed by atoms with van der Waals surface area (Å²) in [6.45, 7) is -0.477. The molecule has 0 bridgehead atoms. The Labute approximate surface area is 242 Å². The zero-order valence-electron chi connectivity index (χ0n) is 21.5. The van der Waals surface area contributed by atoms with Crippen LogP contribution in [0.15, 0.2) is 60.9 Å². The maximum atomic E-state index is 12.1. The van der Waals surface area contributed by atoms with Crippen molar-refractivity contribution < 1.29 is 38.8 Å². The average molecular weight is 635 g/mol. The molecule has 220 valence electrons. The molecule has 0 amide bonds. The zero-order valence-corrected chi connectivity index (χ0v) is 24.1. The van der Waals surface area contributed by atoms with Crippen LogP contribution in [-0.2, 0) is 13.9 Å². The van der Waals surface area contributed by atoms with Gasteiger partial charge in [-0.2, -0.15) is 9.97 Å². The lowest BCUT2D eigenvalue weighted by Crippen LogP contribution is -2.37. The van der Waals surface area contributed by atoms with Crippen LogP contribution in [0.25, 0.3) is 32.7 Å². The van der Waals surface area contributed by atoms with Crippen molar-refractivity contribution in [1.82, 2.24) is 24.6 Å². The molecule has 1 aliphatic rings. The van der Waals surface area contributed by atoms with Crippen molar-refractivity contribution in [2.45, 2.75) is 24.5 Å². The summed E-state index contributed by atoms with van der Waals surface area (Å²) < 4.78 is 30.3. The van der Waals surface area contributed by atoms with Gasteiger partial charge in [-0.25, -0.2) is 10.1 Å². The van der Waals surface area contributed by atoms with Crippen molar-refractivity contribution in [2.24, 2.45) is 0 Å². The summed E-state index contributed by atoms with van der Waals surface area (Å²) >= 11 is 6.24. The molecule has 5 atom stereocenters. The summed E-state index contributed by atoms with van der Waals surface area (Å²) in [7, 11) is -9.24. The second kappa shape index (κ2) is 10.9. The Hall–Kier alpha value is -3.00. The molecule has 14 nitrogen and oxygen atoms in total. The van der Waals surface area contributed by atoms with Gasteiger partial charge in [0.2, 0.25) is 5.28 Å². The van der Waals surface area contributed by atoms with Crippen molar-refractivity contribution in [3.63, 3.8) is 0 Å². The van der Waals surface area contributed by atoms with Crippen LogP contribution in [0.3, 0.4) is 0 Å². The Morgan fingerprint density at radius 2 is 1.62 bits per heavy atom. The molecule has 3 heterocycles. The summed E-state index contributed by atoms with van der Waals surface area (Å²) in [4.78, 5) is 40.7. The van der Waals surface area contributed by atoms with Gasteiger partial charge in [0.25, 0.3) is 7.52 Å². The minimum Gasteiger partial charge on any atom is -0.387 e. The van der Waals surface area contributed by atoms with Gasteiger partial charge < -0.3 is 34.9 Å². The number of benzene rings is 3. The molecule has 0 radical (unpaired) electrons. The Kier molecular flexibility index (Phi) is 7.57. The van der Waals surface area contributed by atoms with Gasteiger partial charge in [0.15, 0.2) is 23.2 Å². The van der Waals surface area contributed by atoms with Gasteiger partial charge in [-0.05, 0) is 57.4 Å². The smallest absolute Gasteiger partial charge is 0.336 e. The molecular formula is C25H25ClN6O8P2. The van der Waals surface area contributed by atoms with Crippen LogP contribution < -0.4 is 10.4 Å². The van der Waals surface area contributed by atoms with Crippen LogP contribution in [0.4, 0.5) is 11.5 Å². The molecule has 0 aliphatic carbocycles. The fourth-order valence-corrected chi connectivity index (χ4v) is 8.01. The van der Waals surface area contributed by atoms with E-state index in [9.17, 15) is 24.2 Å². The summed E-state index contributed by atoms with van der Waals surface area (Å²) in [6, 6.07) is 18.1. The lowest BCUT2D eigenvalue weighted by atomic mass is 10.0. The SMILES string of the molecule is O=P(O)(O)CP(=O)(O)NC[C@H]1O[C@@H](n2cnc3c(Nc4ccc5cc6ccccc6cc5c4)nc(Cl)nc32)C(O)C1O. The van der Waals surface area contributed by atoms with E-state index in [1.54, 1.807) is 0 Å². The molecule has 0 spiro atoms.